The largest absolute Gasteiger partial charge is 0.486 e. The first-order valence-corrected chi connectivity index (χ1v) is 10.2. The Morgan fingerprint density at radius 2 is 1.86 bits per heavy atom. The number of hydrogen-bond donors (Lipinski definition) is 1. The van der Waals surface area contributed by atoms with Crippen LogP contribution in [-0.4, -0.2) is 31.4 Å². The van der Waals surface area contributed by atoms with E-state index in [1.54, 1.807) is 0 Å². The zero-order chi connectivity index (χ0) is 20.5. The molecule has 0 fully saturated rings. The third-order valence-corrected chi connectivity index (χ3v) is 5.71. The third-order valence-electron chi connectivity index (χ3n) is 4.88. The van der Waals surface area contributed by atoms with Crippen molar-refractivity contribution >= 4 is 44.9 Å². The minimum absolute atomic E-state index is 0.406. The highest BCUT2D eigenvalue weighted by molar-refractivity contribution is 9.10. The predicted octanol–water partition coefficient (Wildman–Crippen LogP) is 4.10. The molecule has 0 radical (unpaired) electrons. The first kappa shape index (κ1) is 19.7. The highest BCUT2D eigenvalue weighted by Crippen LogP contribution is 2.38. The highest BCUT2D eigenvalue weighted by atomic mass is 79.9. The third kappa shape index (κ3) is 3.70. The second-order valence-electron chi connectivity index (χ2n) is 6.59. The molecule has 0 saturated heterocycles. The van der Waals surface area contributed by atoms with E-state index in [4.69, 9.17) is 26.4 Å². The summed E-state index contributed by atoms with van der Waals surface area (Å²) in [6.45, 7) is 2.88. The average Bonchev–Trinajstić information content (AvgIpc) is 2.73. The number of fused-ring (bicyclic) bond motifs is 1. The Hall–Kier alpha value is -2.58. The maximum Gasteiger partial charge on any atom is 0.337 e. The number of methoxy groups -OCH3 is 1. The van der Waals surface area contributed by atoms with Crippen LogP contribution >= 0.6 is 28.1 Å². The van der Waals surface area contributed by atoms with E-state index in [9.17, 15) is 4.79 Å². The number of thiocarbonyl (C=S) groups is 1. The highest BCUT2D eigenvalue weighted by Gasteiger charge is 2.35. The molecule has 0 bridgehead atoms. The lowest BCUT2D eigenvalue weighted by Gasteiger charge is -2.37. The Labute approximate surface area is 182 Å². The summed E-state index contributed by atoms with van der Waals surface area (Å²) in [5, 5.41) is 3.77. The number of benzene rings is 2. The monoisotopic (exact) mass is 474 g/mol. The smallest absolute Gasteiger partial charge is 0.337 e. The Bertz CT molecular complexity index is 1010. The van der Waals surface area contributed by atoms with Gasteiger partial charge in [-0.2, -0.15) is 0 Å². The van der Waals surface area contributed by atoms with Gasteiger partial charge in [-0.15, -0.1) is 0 Å². The number of allylic oxidation sites excluding steroid dienone is 1. The standard InChI is InChI=1S/C21H19BrN2O4S/c1-12-18(20(25)26-2)19(13-3-5-14(22)6-4-13)23-21(29)24(12)15-7-8-16-17(11-15)28-10-9-27-16/h3-8,11,19H,9-10H2,1-2H3,(H,23,29). The first-order chi connectivity index (χ1) is 14.0. The number of carbonyl (C=O) groups excluding carboxylic acids is 1. The number of rotatable bonds is 3. The van der Waals surface area contributed by atoms with Crippen LogP contribution in [0.25, 0.3) is 0 Å². The summed E-state index contributed by atoms with van der Waals surface area (Å²) in [7, 11) is 1.38. The van der Waals surface area contributed by atoms with E-state index < -0.39 is 12.0 Å². The summed E-state index contributed by atoms with van der Waals surface area (Å²) in [6, 6.07) is 12.9. The lowest BCUT2D eigenvalue weighted by atomic mass is 9.95. The van der Waals surface area contributed by atoms with Gasteiger partial charge in [0.05, 0.1) is 24.4 Å². The van der Waals surface area contributed by atoms with Gasteiger partial charge in [-0.3, -0.25) is 4.90 Å². The molecule has 0 spiro atoms. The Morgan fingerprint density at radius 1 is 1.17 bits per heavy atom. The number of nitrogens with one attached hydrogen (secondary N) is 1. The molecule has 4 rings (SSSR count). The van der Waals surface area contributed by atoms with E-state index in [1.165, 1.54) is 7.11 Å². The van der Waals surface area contributed by atoms with E-state index in [0.29, 0.717) is 41.1 Å². The summed E-state index contributed by atoms with van der Waals surface area (Å²) in [6.07, 6.45) is 0. The van der Waals surface area contributed by atoms with Gasteiger partial charge in [0.2, 0.25) is 0 Å². The number of nitrogens with zero attached hydrogens (tertiary/aromatic N) is 1. The van der Waals surface area contributed by atoms with Crippen molar-refractivity contribution in [1.82, 2.24) is 5.32 Å². The average molecular weight is 475 g/mol. The second-order valence-corrected chi connectivity index (χ2v) is 7.89. The Balaban J connectivity index is 1.80. The van der Waals surface area contributed by atoms with Gasteiger partial charge >= 0.3 is 5.97 Å². The van der Waals surface area contributed by atoms with Crippen molar-refractivity contribution in [3.63, 3.8) is 0 Å². The molecule has 8 heteroatoms. The van der Waals surface area contributed by atoms with Crippen molar-refractivity contribution < 1.29 is 19.0 Å². The van der Waals surface area contributed by atoms with E-state index in [0.717, 1.165) is 15.7 Å². The molecule has 2 aromatic carbocycles. The zero-order valence-electron chi connectivity index (χ0n) is 15.9. The van der Waals surface area contributed by atoms with Gasteiger partial charge in [0.15, 0.2) is 16.6 Å². The molecule has 2 aromatic rings. The number of esters is 1. The molecule has 2 aliphatic heterocycles. The number of ether oxygens (including phenoxy) is 3. The molecule has 0 aliphatic carbocycles. The number of halogens is 1. The minimum atomic E-state index is -0.409. The number of hydrogen-bond acceptors (Lipinski definition) is 5. The van der Waals surface area contributed by atoms with Crippen molar-refractivity contribution in [3.05, 3.63) is 63.8 Å². The van der Waals surface area contributed by atoms with Gasteiger partial charge in [0.1, 0.15) is 13.2 Å². The molecule has 1 unspecified atom stereocenters. The maximum atomic E-state index is 12.7. The quantitative estimate of drug-likeness (QED) is 0.530. The van der Waals surface area contributed by atoms with E-state index in [1.807, 2.05) is 54.3 Å². The van der Waals surface area contributed by atoms with Crippen LogP contribution < -0.4 is 19.7 Å². The molecule has 0 saturated carbocycles. The van der Waals surface area contributed by atoms with E-state index >= 15 is 0 Å². The SMILES string of the molecule is COC(=O)C1=C(C)N(c2ccc3c(c2)OCCO3)C(=S)NC1c1ccc(Br)cc1. The topological polar surface area (TPSA) is 60.0 Å². The van der Waals surface area contributed by atoms with Gasteiger partial charge < -0.3 is 19.5 Å². The molecule has 29 heavy (non-hydrogen) atoms. The van der Waals surface area contributed by atoms with Gasteiger partial charge in [0, 0.05) is 16.2 Å². The second kappa shape index (κ2) is 8.04. The molecule has 0 aromatic heterocycles. The molecule has 2 heterocycles. The van der Waals surface area contributed by atoms with Crippen LogP contribution in [0.4, 0.5) is 5.69 Å². The summed E-state index contributed by atoms with van der Waals surface area (Å²) in [5.74, 6) is 0.936. The molecule has 1 N–H and O–H groups in total. The van der Waals surface area contributed by atoms with E-state index in [2.05, 4.69) is 21.2 Å². The van der Waals surface area contributed by atoms with Crippen molar-refractivity contribution in [3.8, 4) is 11.5 Å². The van der Waals surface area contributed by atoms with Crippen LogP contribution in [0.2, 0.25) is 0 Å². The van der Waals surface area contributed by atoms with Crippen molar-refractivity contribution in [2.75, 3.05) is 25.2 Å². The maximum absolute atomic E-state index is 12.7. The predicted molar refractivity (Wildman–Crippen MR) is 117 cm³/mol. The van der Waals surface area contributed by atoms with E-state index in [-0.39, 0.29) is 0 Å². The fourth-order valence-electron chi connectivity index (χ4n) is 3.50. The Kier molecular flexibility index (Phi) is 5.47. The lowest BCUT2D eigenvalue weighted by molar-refractivity contribution is -0.136. The van der Waals surface area contributed by atoms with Crippen LogP contribution in [0.15, 0.2) is 58.2 Å². The van der Waals surface area contributed by atoms with Crippen LogP contribution in [0.5, 0.6) is 11.5 Å². The summed E-state index contributed by atoms with van der Waals surface area (Å²) < 4.78 is 17.3. The number of anilines is 1. The molecule has 0 amide bonds. The minimum Gasteiger partial charge on any atom is -0.486 e. The van der Waals surface area contributed by atoms with Crippen molar-refractivity contribution in [2.24, 2.45) is 0 Å². The van der Waals surface area contributed by atoms with Crippen molar-refractivity contribution in [2.45, 2.75) is 13.0 Å². The summed E-state index contributed by atoms with van der Waals surface area (Å²) >= 11 is 9.11. The molecular formula is C21H19BrN2O4S. The van der Waals surface area contributed by atoms with Gasteiger partial charge in [-0.05, 0) is 49.0 Å². The van der Waals surface area contributed by atoms with Gasteiger partial charge in [-0.1, -0.05) is 28.1 Å². The number of carbonyl (C=O) groups is 1. The summed E-state index contributed by atoms with van der Waals surface area (Å²) in [4.78, 5) is 14.5. The lowest BCUT2D eigenvalue weighted by Crippen LogP contribution is -2.48. The van der Waals surface area contributed by atoms with Gasteiger partial charge in [0.25, 0.3) is 0 Å². The molecule has 2 aliphatic rings. The van der Waals surface area contributed by atoms with Crippen LogP contribution in [0.1, 0.15) is 18.5 Å². The van der Waals surface area contributed by atoms with Crippen LogP contribution in [0.3, 0.4) is 0 Å². The first-order valence-electron chi connectivity index (χ1n) is 9.04. The molecule has 1 atom stereocenters. The summed E-state index contributed by atoms with van der Waals surface area (Å²) in [5.41, 5.74) is 2.89. The zero-order valence-corrected chi connectivity index (χ0v) is 18.3. The van der Waals surface area contributed by atoms with Crippen molar-refractivity contribution in [1.29, 1.82) is 0 Å². The molecule has 6 nitrogen and oxygen atoms in total. The fraction of sp³-hybridized carbons (Fsp3) is 0.238. The van der Waals surface area contributed by atoms with Crippen LogP contribution in [0, 0.1) is 0 Å². The normalized spacial score (nSPS) is 18.4. The Morgan fingerprint density at radius 3 is 2.55 bits per heavy atom. The fourth-order valence-corrected chi connectivity index (χ4v) is 4.13. The van der Waals surface area contributed by atoms with Crippen LogP contribution in [-0.2, 0) is 9.53 Å². The molecular weight excluding hydrogens is 456 g/mol. The molecule has 150 valence electrons. The van der Waals surface area contributed by atoms with Gasteiger partial charge in [-0.25, -0.2) is 4.79 Å².